The zero-order chi connectivity index (χ0) is 13.9. The average molecular weight is 273 g/mol. The van der Waals surface area contributed by atoms with Crippen LogP contribution in [0.5, 0.6) is 0 Å². The lowest BCUT2D eigenvalue weighted by molar-refractivity contribution is 0.0612. The number of fused-ring (bicyclic) bond motifs is 1. The van der Waals surface area contributed by atoms with Gasteiger partial charge in [-0.2, -0.15) is 0 Å². The van der Waals surface area contributed by atoms with Crippen molar-refractivity contribution in [3.05, 3.63) is 34.9 Å². The summed E-state index contributed by atoms with van der Waals surface area (Å²) in [5.41, 5.74) is 4.56. The Morgan fingerprint density at radius 2 is 2.05 bits per heavy atom. The molecule has 0 radical (unpaired) electrons. The quantitative estimate of drug-likeness (QED) is 0.904. The van der Waals surface area contributed by atoms with Crippen LogP contribution in [0.15, 0.2) is 18.2 Å². The number of benzene rings is 1. The van der Waals surface area contributed by atoms with Crippen molar-refractivity contribution < 1.29 is 4.74 Å². The Morgan fingerprint density at radius 1 is 1.25 bits per heavy atom. The van der Waals surface area contributed by atoms with Crippen molar-refractivity contribution in [2.75, 3.05) is 13.2 Å². The summed E-state index contributed by atoms with van der Waals surface area (Å²) >= 11 is 0. The lowest BCUT2D eigenvalue weighted by Gasteiger charge is -2.28. The molecule has 3 unspecified atom stereocenters. The van der Waals surface area contributed by atoms with Crippen molar-refractivity contribution in [2.45, 2.75) is 58.1 Å². The number of hydrogen-bond acceptors (Lipinski definition) is 2. The fourth-order valence-corrected chi connectivity index (χ4v) is 3.73. The predicted octanol–water partition coefficient (Wildman–Crippen LogP) is 3.64. The van der Waals surface area contributed by atoms with Gasteiger partial charge in [0.25, 0.3) is 0 Å². The van der Waals surface area contributed by atoms with Gasteiger partial charge in [0.1, 0.15) is 0 Å². The molecule has 3 rings (SSSR count). The minimum Gasteiger partial charge on any atom is -0.376 e. The second-order valence-electron chi connectivity index (χ2n) is 6.37. The molecule has 2 heteroatoms. The molecular formula is C18H27NO. The molecule has 2 aliphatic rings. The van der Waals surface area contributed by atoms with Crippen LogP contribution >= 0.6 is 0 Å². The van der Waals surface area contributed by atoms with E-state index in [9.17, 15) is 0 Å². The van der Waals surface area contributed by atoms with Crippen molar-refractivity contribution in [3.63, 3.8) is 0 Å². The standard InChI is InChI=1S/C18H27NO/c1-3-19-17(18-13(2)10-11-20-18)16-9-8-14-6-4-5-7-15(14)12-16/h8-9,12-13,17-19H,3-7,10-11H2,1-2H3. The molecule has 3 atom stereocenters. The highest BCUT2D eigenvalue weighted by molar-refractivity contribution is 5.35. The zero-order valence-corrected chi connectivity index (χ0v) is 12.8. The van der Waals surface area contributed by atoms with Crippen LogP contribution in [-0.4, -0.2) is 19.3 Å². The Morgan fingerprint density at radius 3 is 2.75 bits per heavy atom. The van der Waals surface area contributed by atoms with E-state index >= 15 is 0 Å². The van der Waals surface area contributed by atoms with Crippen molar-refractivity contribution in [1.82, 2.24) is 5.32 Å². The largest absolute Gasteiger partial charge is 0.376 e. The summed E-state index contributed by atoms with van der Waals surface area (Å²) in [6.07, 6.45) is 6.74. The van der Waals surface area contributed by atoms with Gasteiger partial charge in [-0.05, 0) is 61.3 Å². The van der Waals surface area contributed by atoms with Gasteiger partial charge in [0.15, 0.2) is 0 Å². The lowest BCUT2D eigenvalue weighted by Crippen LogP contribution is -2.34. The number of likely N-dealkylation sites (N-methyl/N-ethyl adjacent to an activating group) is 1. The summed E-state index contributed by atoms with van der Waals surface area (Å²) in [7, 11) is 0. The molecule has 1 aromatic carbocycles. The Kier molecular flexibility index (Phi) is 4.42. The van der Waals surface area contributed by atoms with Gasteiger partial charge in [0, 0.05) is 6.61 Å². The van der Waals surface area contributed by atoms with Gasteiger partial charge < -0.3 is 10.1 Å². The van der Waals surface area contributed by atoms with E-state index in [0.29, 0.717) is 18.1 Å². The summed E-state index contributed by atoms with van der Waals surface area (Å²) in [6, 6.07) is 7.47. The van der Waals surface area contributed by atoms with Crippen molar-refractivity contribution >= 4 is 0 Å². The van der Waals surface area contributed by atoms with E-state index in [1.165, 1.54) is 37.7 Å². The highest BCUT2D eigenvalue weighted by Crippen LogP contribution is 2.33. The summed E-state index contributed by atoms with van der Waals surface area (Å²) in [6.45, 7) is 6.42. The molecule has 1 aliphatic heterocycles. The van der Waals surface area contributed by atoms with E-state index in [4.69, 9.17) is 4.74 Å². The second kappa shape index (κ2) is 6.28. The molecule has 110 valence electrons. The molecule has 0 bridgehead atoms. The third-order valence-corrected chi connectivity index (χ3v) is 4.93. The summed E-state index contributed by atoms with van der Waals surface area (Å²) < 4.78 is 6.02. The van der Waals surface area contributed by atoms with Crippen LogP contribution in [0.1, 0.15) is 55.8 Å². The van der Waals surface area contributed by atoms with E-state index in [-0.39, 0.29) is 0 Å². The highest BCUT2D eigenvalue weighted by atomic mass is 16.5. The molecule has 20 heavy (non-hydrogen) atoms. The van der Waals surface area contributed by atoms with Crippen molar-refractivity contribution in [2.24, 2.45) is 5.92 Å². The maximum absolute atomic E-state index is 6.02. The molecule has 1 aliphatic carbocycles. The Labute approximate surface area is 122 Å². The molecule has 0 amide bonds. The van der Waals surface area contributed by atoms with Crippen LogP contribution in [0.3, 0.4) is 0 Å². The third kappa shape index (κ3) is 2.77. The topological polar surface area (TPSA) is 21.3 Å². The predicted molar refractivity (Wildman–Crippen MR) is 83.0 cm³/mol. The van der Waals surface area contributed by atoms with Crippen molar-refractivity contribution in [3.8, 4) is 0 Å². The minimum atomic E-state index is 0.330. The van der Waals surface area contributed by atoms with Crippen LogP contribution in [0.2, 0.25) is 0 Å². The normalized spacial score (nSPS) is 27.3. The molecule has 1 aromatic rings. The van der Waals surface area contributed by atoms with Gasteiger partial charge in [0.2, 0.25) is 0 Å². The molecule has 0 saturated carbocycles. The van der Waals surface area contributed by atoms with E-state index in [2.05, 4.69) is 37.4 Å². The van der Waals surface area contributed by atoms with Gasteiger partial charge in [0.05, 0.1) is 12.1 Å². The van der Waals surface area contributed by atoms with E-state index < -0.39 is 0 Å². The van der Waals surface area contributed by atoms with Gasteiger partial charge in [-0.3, -0.25) is 0 Å². The van der Waals surface area contributed by atoms with Crippen LogP contribution in [0, 0.1) is 5.92 Å². The van der Waals surface area contributed by atoms with Crippen LogP contribution in [0.25, 0.3) is 0 Å². The fourth-order valence-electron chi connectivity index (χ4n) is 3.73. The van der Waals surface area contributed by atoms with Crippen LogP contribution in [-0.2, 0) is 17.6 Å². The number of rotatable bonds is 4. The van der Waals surface area contributed by atoms with E-state index in [0.717, 1.165) is 13.2 Å². The van der Waals surface area contributed by atoms with Gasteiger partial charge in [-0.1, -0.05) is 32.0 Å². The first kappa shape index (κ1) is 14.1. The first-order valence-corrected chi connectivity index (χ1v) is 8.26. The Hall–Kier alpha value is -0.860. The number of aryl methyl sites for hydroxylation is 2. The molecular weight excluding hydrogens is 246 g/mol. The first-order chi connectivity index (χ1) is 9.79. The highest BCUT2D eigenvalue weighted by Gasteiger charge is 2.32. The maximum atomic E-state index is 6.02. The molecule has 0 spiro atoms. The third-order valence-electron chi connectivity index (χ3n) is 4.93. The Bertz CT molecular complexity index is 457. The average Bonchev–Trinajstić information content (AvgIpc) is 2.90. The molecule has 1 N–H and O–H groups in total. The molecule has 1 saturated heterocycles. The van der Waals surface area contributed by atoms with E-state index in [1.54, 1.807) is 11.1 Å². The first-order valence-electron chi connectivity index (χ1n) is 8.26. The molecule has 2 nitrogen and oxygen atoms in total. The van der Waals surface area contributed by atoms with E-state index in [1.807, 2.05) is 0 Å². The van der Waals surface area contributed by atoms with Gasteiger partial charge >= 0.3 is 0 Å². The lowest BCUT2D eigenvalue weighted by atomic mass is 9.86. The number of nitrogens with one attached hydrogen (secondary N) is 1. The van der Waals surface area contributed by atoms with Crippen LogP contribution in [0.4, 0.5) is 0 Å². The van der Waals surface area contributed by atoms with Crippen molar-refractivity contribution in [1.29, 1.82) is 0 Å². The summed E-state index contributed by atoms with van der Waals surface area (Å²) in [5, 5.41) is 3.65. The number of hydrogen-bond donors (Lipinski definition) is 1. The summed E-state index contributed by atoms with van der Waals surface area (Å²) in [4.78, 5) is 0. The molecule has 0 aromatic heterocycles. The monoisotopic (exact) mass is 273 g/mol. The smallest absolute Gasteiger partial charge is 0.0795 e. The summed E-state index contributed by atoms with van der Waals surface area (Å²) in [5.74, 6) is 0.648. The molecule has 1 fully saturated rings. The number of ether oxygens (including phenoxy) is 1. The second-order valence-corrected chi connectivity index (χ2v) is 6.37. The SMILES string of the molecule is CCNC(c1ccc2c(c1)CCCC2)C1OCCC1C. The minimum absolute atomic E-state index is 0.330. The van der Waals surface area contributed by atoms with Gasteiger partial charge in [-0.25, -0.2) is 0 Å². The van der Waals surface area contributed by atoms with Gasteiger partial charge in [-0.15, -0.1) is 0 Å². The zero-order valence-electron chi connectivity index (χ0n) is 12.8. The van der Waals surface area contributed by atoms with Crippen LogP contribution < -0.4 is 5.32 Å². The maximum Gasteiger partial charge on any atom is 0.0795 e. The Balaban J connectivity index is 1.87. The molecule has 1 heterocycles. The fraction of sp³-hybridized carbons (Fsp3) is 0.667.